The number of carbonyl (C=O) groups is 1. The Kier molecular flexibility index (Phi) is 3.51. The highest BCUT2D eigenvalue weighted by molar-refractivity contribution is 5.82. The fourth-order valence-corrected chi connectivity index (χ4v) is 3.96. The first-order chi connectivity index (χ1) is 8.34. The molecule has 2 heteroatoms. The second-order valence-electron chi connectivity index (χ2n) is 6.32. The van der Waals surface area contributed by atoms with Gasteiger partial charge in [0.25, 0.3) is 0 Å². The molecule has 2 nitrogen and oxygen atoms in total. The van der Waals surface area contributed by atoms with Gasteiger partial charge in [0.1, 0.15) is 5.78 Å². The number of carbonyl (C=O) groups excluding carboxylic acids is 1. The molecule has 3 fully saturated rings. The summed E-state index contributed by atoms with van der Waals surface area (Å²) in [5.41, 5.74) is 0. The van der Waals surface area contributed by atoms with Crippen molar-refractivity contribution in [2.45, 2.75) is 63.8 Å². The molecule has 2 atom stereocenters. The van der Waals surface area contributed by atoms with Crippen LogP contribution in [0.4, 0.5) is 0 Å². The molecule has 0 radical (unpaired) electrons. The predicted molar refractivity (Wildman–Crippen MR) is 68.9 cm³/mol. The fraction of sp³-hybridized carbons (Fsp3) is 0.933. The third-order valence-electron chi connectivity index (χ3n) is 5.20. The van der Waals surface area contributed by atoms with Gasteiger partial charge in [-0.3, -0.25) is 9.69 Å². The fourth-order valence-electron chi connectivity index (χ4n) is 3.96. The van der Waals surface area contributed by atoms with Crippen LogP contribution in [-0.4, -0.2) is 29.8 Å². The number of hydrogen-bond acceptors (Lipinski definition) is 2. The maximum Gasteiger partial charge on any atom is 0.137 e. The Balaban J connectivity index is 1.61. The minimum absolute atomic E-state index is 0.395. The van der Waals surface area contributed by atoms with E-state index in [1.165, 1.54) is 58.0 Å². The zero-order valence-corrected chi connectivity index (χ0v) is 10.9. The van der Waals surface area contributed by atoms with E-state index in [4.69, 9.17) is 0 Å². The second-order valence-corrected chi connectivity index (χ2v) is 6.32. The maximum absolute atomic E-state index is 12.1. The normalized spacial score (nSPS) is 36.1. The number of nitrogens with zero attached hydrogens (tertiary/aromatic N) is 1. The Hall–Kier alpha value is -0.370. The van der Waals surface area contributed by atoms with Gasteiger partial charge in [-0.15, -0.1) is 0 Å². The largest absolute Gasteiger partial charge is 0.299 e. The Morgan fingerprint density at radius 1 is 1.00 bits per heavy atom. The van der Waals surface area contributed by atoms with Crippen LogP contribution in [0, 0.1) is 11.8 Å². The van der Waals surface area contributed by atoms with Gasteiger partial charge in [-0.2, -0.15) is 0 Å². The van der Waals surface area contributed by atoms with Crippen molar-refractivity contribution in [1.82, 2.24) is 4.90 Å². The van der Waals surface area contributed by atoms with Gasteiger partial charge in [0.15, 0.2) is 0 Å². The molecule has 3 rings (SSSR count). The van der Waals surface area contributed by atoms with E-state index in [0.29, 0.717) is 17.7 Å². The predicted octanol–water partition coefficient (Wildman–Crippen LogP) is 3.01. The lowest BCUT2D eigenvalue weighted by atomic mass is 9.80. The molecule has 0 N–H and O–H groups in total. The third kappa shape index (κ3) is 2.42. The molecule has 0 amide bonds. The first kappa shape index (κ1) is 11.7. The van der Waals surface area contributed by atoms with E-state index in [1.807, 2.05) is 0 Å². The van der Waals surface area contributed by atoms with Crippen molar-refractivity contribution in [3.63, 3.8) is 0 Å². The highest BCUT2D eigenvalue weighted by Crippen LogP contribution is 2.35. The van der Waals surface area contributed by atoms with Crippen LogP contribution in [0.5, 0.6) is 0 Å². The minimum atomic E-state index is 0.395. The van der Waals surface area contributed by atoms with Gasteiger partial charge < -0.3 is 0 Å². The van der Waals surface area contributed by atoms with Crippen molar-refractivity contribution in [2.24, 2.45) is 11.8 Å². The van der Waals surface area contributed by atoms with E-state index >= 15 is 0 Å². The molecule has 0 aromatic carbocycles. The number of ketones is 1. The number of Topliss-reactive ketones (excluding diaryl/α,β-unsaturated/α-hetero) is 1. The first-order valence-electron chi connectivity index (χ1n) is 7.61. The summed E-state index contributed by atoms with van der Waals surface area (Å²) in [4.78, 5) is 14.7. The molecule has 1 saturated heterocycles. The summed E-state index contributed by atoms with van der Waals surface area (Å²) < 4.78 is 0. The molecular weight excluding hydrogens is 210 g/mol. The SMILES string of the molecule is O=C1CCCCC1C1CCCN1CC1CCC1. The highest BCUT2D eigenvalue weighted by Gasteiger charge is 2.37. The molecule has 1 heterocycles. The molecule has 0 aromatic rings. The van der Waals surface area contributed by atoms with Crippen LogP contribution in [0.3, 0.4) is 0 Å². The second kappa shape index (κ2) is 5.09. The van der Waals surface area contributed by atoms with E-state index in [2.05, 4.69) is 4.90 Å². The average Bonchev–Trinajstić information content (AvgIpc) is 2.72. The number of likely N-dealkylation sites (tertiary alicyclic amines) is 1. The first-order valence-corrected chi connectivity index (χ1v) is 7.61. The summed E-state index contributed by atoms with van der Waals surface area (Å²) in [7, 11) is 0. The zero-order chi connectivity index (χ0) is 11.7. The van der Waals surface area contributed by atoms with Crippen LogP contribution in [0.2, 0.25) is 0 Å². The van der Waals surface area contributed by atoms with Crippen LogP contribution >= 0.6 is 0 Å². The van der Waals surface area contributed by atoms with Gasteiger partial charge in [0, 0.05) is 24.9 Å². The summed E-state index contributed by atoms with van der Waals surface area (Å²) in [6.07, 6.45) is 11.4. The Morgan fingerprint density at radius 3 is 2.59 bits per heavy atom. The van der Waals surface area contributed by atoms with E-state index in [0.717, 1.165) is 18.8 Å². The lowest BCUT2D eigenvalue weighted by molar-refractivity contribution is -0.126. The monoisotopic (exact) mass is 235 g/mol. The quantitative estimate of drug-likeness (QED) is 0.749. The smallest absolute Gasteiger partial charge is 0.137 e. The standard InChI is InChI=1S/C15H25NO/c17-15-9-2-1-7-13(15)14-8-4-10-16(14)11-12-5-3-6-12/h12-14H,1-11H2. The third-order valence-corrected chi connectivity index (χ3v) is 5.20. The molecule has 0 spiro atoms. The van der Waals surface area contributed by atoms with Crippen molar-refractivity contribution in [3.8, 4) is 0 Å². The lowest BCUT2D eigenvalue weighted by Crippen LogP contribution is -2.43. The van der Waals surface area contributed by atoms with Gasteiger partial charge in [-0.25, -0.2) is 0 Å². The molecule has 2 saturated carbocycles. The molecule has 96 valence electrons. The van der Waals surface area contributed by atoms with Crippen LogP contribution in [0.15, 0.2) is 0 Å². The van der Waals surface area contributed by atoms with Crippen molar-refractivity contribution < 1.29 is 4.79 Å². The minimum Gasteiger partial charge on any atom is -0.299 e. The average molecular weight is 235 g/mol. The molecule has 3 aliphatic rings. The van der Waals surface area contributed by atoms with Crippen molar-refractivity contribution >= 4 is 5.78 Å². The molecule has 2 unspecified atom stereocenters. The lowest BCUT2D eigenvalue weighted by Gasteiger charge is -2.37. The van der Waals surface area contributed by atoms with Crippen LogP contribution in [0.1, 0.15) is 57.8 Å². The maximum atomic E-state index is 12.1. The van der Waals surface area contributed by atoms with Crippen molar-refractivity contribution in [3.05, 3.63) is 0 Å². The summed E-state index contributed by atoms with van der Waals surface area (Å²) in [6, 6.07) is 0.614. The Morgan fingerprint density at radius 2 is 1.88 bits per heavy atom. The topological polar surface area (TPSA) is 20.3 Å². The highest BCUT2D eigenvalue weighted by atomic mass is 16.1. The van der Waals surface area contributed by atoms with Gasteiger partial charge in [-0.05, 0) is 51.0 Å². The van der Waals surface area contributed by atoms with Crippen LogP contribution in [-0.2, 0) is 4.79 Å². The summed E-state index contributed by atoms with van der Waals surface area (Å²) in [5, 5.41) is 0. The van der Waals surface area contributed by atoms with Crippen LogP contribution < -0.4 is 0 Å². The molecule has 0 bridgehead atoms. The number of rotatable bonds is 3. The van der Waals surface area contributed by atoms with E-state index in [-0.39, 0.29) is 0 Å². The summed E-state index contributed by atoms with van der Waals surface area (Å²) in [6.45, 7) is 2.54. The van der Waals surface area contributed by atoms with Gasteiger partial charge >= 0.3 is 0 Å². The van der Waals surface area contributed by atoms with Gasteiger partial charge in [-0.1, -0.05) is 12.8 Å². The Labute approximate surface area is 105 Å². The number of hydrogen-bond donors (Lipinski definition) is 0. The molecule has 17 heavy (non-hydrogen) atoms. The van der Waals surface area contributed by atoms with Crippen molar-refractivity contribution in [2.75, 3.05) is 13.1 Å². The molecular formula is C15H25NO. The summed E-state index contributed by atoms with van der Waals surface area (Å²) >= 11 is 0. The molecule has 2 aliphatic carbocycles. The molecule has 0 aromatic heterocycles. The van der Waals surface area contributed by atoms with E-state index in [9.17, 15) is 4.79 Å². The van der Waals surface area contributed by atoms with E-state index < -0.39 is 0 Å². The molecule has 1 aliphatic heterocycles. The summed E-state index contributed by atoms with van der Waals surface area (Å²) in [5.74, 6) is 1.92. The van der Waals surface area contributed by atoms with Gasteiger partial charge in [0.05, 0.1) is 0 Å². The zero-order valence-electron chi connectivity index (χ0n) is 10.9. The van der Waals surface area contributed by atoms with Crippen LogP contribution in [0.25, 0.3) is 0 Å². The van der Waals surface area contributed by atoms with Gasteiger partial charge in [0.2, 0.25) is 0 Å². The van der Waals surface area contributed by atoms with Crippen molar-refractivity contribution in [1.29, 1.82) is 0 Å². The Bertz CT molecular complexity index is 285. The van der Waals surface area contributed by atoms with E-state index in [1.54, 1.807) is 0 Å².